The second kappa shape index (κ2) is 8.87. The third-order valence-electron chi connectivity index (χ3n) is 5.84. The molecule has 1 saturated carbocycles. The van der Waals surface area contributed by atoms with E-state index in [0.29, 0.717) is 6.54 Å². The minimum absolute atomic E-state index is 0. The van der Waals surface area contributed by atoms with Crippen molar-refractivity contribution in [2.75, 3.05) is 25.0 Å². The van der Waals surface area contributed by atoms with E-state index in [2.05, 4.69) is 22.9 Å². The molecule has 1 unspecified atom stereocenters. The van der Waals surface area contributed by atoms with Gasteiger partial charge < -0.3 is 16.0 Å². The molecular weight excluding hydrogens is 350 g/mol. The number of nitrogens with one attached hydrogen (secondary N) is 3. The van der Waals surface area contributed by atoms with Crippen LogP contribution in [0.4, 0.5) is 5.69 Å². The maximum Gasteiger partial charge on any atom is 0.232 e. The first-order valence-electron chi connectivity index (χ1n) is 9.37. The van der Waals surface area contributed by atoms with Gasteiger partial charge in [-0.15, -0.1) is 12.4 Å². The molecule has 1 aliphatic carbocycles. The SMILES string of the molecule is Cc1ccc(NC(=O)C2(CNC(=O)C3CCNC3)CCCC2)cc1C.Cl. The molecule has 0 bridgehead atoms. The molecule has 1 heterocycles. The number of benzene rings is 1. The first-order valence-corrected chi connectivity index (χ1v) is 9.37. The van der Waals surface area contributed by atoms with E-state index in [9.17, 15) is 9.59 Å². The highest BCUT2D eigenvalue weighted by Gasteiger charge is 2.41. The van der Waals surface area contributed by atoms with Gasteiger partial charge in [0.1, 0.15) is 0 Å². The summed E-state index contributed by atoms with van der Waals surface area (Å²) in [5, 5.41) is 9.35. The monoisotopic (exact) mass is 379 g/mol. The van der Waals surface area contributed by atoms with Gasteiger partial charge in [0, 0.05) is 18.8 Å². The number of carbonyl (C=O) groups excluding carboxylic acids is 2. The van der Waals surface area contributed by atoms with Crippen molar-refractivity contribution in [1.82, 2.24) is 10.6 Å². The van der Waals surface area contributed by atoms with E-state index in [1.807, 2.05) is 25.1 Å². The van der Waals surface area contributed by atoms with Gasteiger partial charge >= 0.3 is 0 Å². The maximum absolute atomic E-state index is 13.0. The van der Waals surface area contributed by atoms with Gasteiger partial charge in [0.15, 0.2) is 0 Å². The van der Waals surface area contributed by atoms with Crippen molar-refractivity contribution < 1.29 is 9.59 Å². The minimum atomic E-state index is -0.472. The fraction of sp³-hybridized carbons (Fsp3) is 0.600. The Hall–Kier alpha value is -1.59. The summed E-state index contributed by atoms with van der Waals surface area (Å²) in [6, 6.07) is 5.99. The van der Waals surface area contributed by atoms with E-state index in [1.165, 1.54) is 11.1 Å². The summed E-state index contributed by atoms with van der Waals surface area (Å²) in [5.74, 6) is 0.162. The highest BCUT2D eigenvalue weighted by atomic mass is 35.5. The van der Waals surface area contributed by atoms with Gasteiger partial charge in [-0.2, -0.15) is 0 Å². The van der Waals surface area contributed by atoms with Gasteiger partial charge in [-0.05, 0) is 62.9 Å². The molecule has 0 aromatic heterocycles. The third kappa shape index (κ3) is 4.57. The topological polar surface area (TPSA) is 70.2 Å². The third-order valence-corrected chi connectivity index (χ3v) is 5.84. The fourth-order valence-electron chi connectivity index (χ4n) is 3.90. The minimum Gasteiger partial charge on any atom is -0.355 e. The molecule has 5 nitrogen and oxygen atoms in total. The average Bonchev–Trinajstić information content (AvgIpc) is 3.28. The summed E-state index contributed by atoms with van der Waals surface area (Å²) < 4.78 is 0. The van der Waals surface area contributed by atoms with Crippen molar-refractivity contribution in [3.05, 3.63) is 29.3 Å². The summed E-state index contributed by atoms with van der Waals surface area (Å²) in [5.41, 5.74) is 2.75. The van der Waals surface area contributed by atoms with Crippen LogP contribution in [-0.2, 0) is 9.59 Å². The van der Waals surface area contributed by atoms with Gasteiger partial charge in [0.05, 0.1) is 11.3 Å². The Bertz CT molecular complexity index is 650. The molecule has 2 aliphatic rings. The van der Waals surface area contributed by atoms with Crippen molar-refractivity contribution in [3.63, 3.8) is 0 Å². The Balaban J connectivity index is 0.00000243. The standard InChI is InChI=1S/C20H29N3O2.ClH/c1-14-5-6-17(11-15(14)2)23-19(25)20(8-3-4-9-20)13-22-18(24)16-7-10-21-12-16;/h5-6,11,16,21H,3-4,7-10,12-13H2,1-2H3,(H,22,24)(H,23,25);1H. The molecule has 1 saturated heterocycles. The quantitative estimate of drug-likeness (QED) is 0.736. The highest BCUT2D eigenvalue weighted by Crippen LogP contribution is 2.39. The number of carbonyl (C=O) groups is 2. The number of anilines is 1. The fourth-order valence-corrected chi connectivity index (χ4v) is 3.90. The number of aryl methyl sites for hydroxylation is 2. The van der Waals surface area contributed by atoms with Gasteiger partial charge in [0.2, 0.25) is 11.8 Å². The Morgan fingerprint density at radius 2 is 1.92 bits per heavy atom. The van der Waals surface area contributed by atoms with Crippen LogP contribution >= 0.6 is 12.4 Å². The van der Waals surface area contributed by atoms with E-state index in [0.717, 1.165) is 50.9 Å². The molecule has 1 aromatic rings. The van der Waals surface area contributed by atoms with Crippen LogP contribution in [0.3, 0.4) is 0 Å². The highest BCUT2D eigenvalue weighted by molar-refractivity contribution is 5.96. The summed E-state index contributed by atoms with van der Waals surface area (Å²) >= 11 is 0. The lowest BCUT2D eigenvalue weighted by Gasteiger charge is -2.28. The Morgan fingerprint density at radius 1 is 1.19 bits per heavy atom. The largest absolute Gasteiger partial charge is 0.355 e. The average molecular weight is 380 g/mol. The lowest BCUT2D eigenvalue weighted by atomic mass is 9.84. The summed E-state index contributed by atoms with van der Waals surface area (Å²) in [6.07, 6.45) is 4.65. The molecule has 1 atom stereocenters. The van der Waals surface area contributed by atoms with Crippen LogP contribution in [0.25, 0.3) is 0 Å². The zero-order valence-corrected chi connectivity index (χ0v) is 16.5. The predicted molar refractivity (Wildman–Crippen MR) is 107 cm³/mol. The molecule has 0 radical (unpaired) electrons. The predicted octanol–water partition coefficient (Wildman–Crippen LogP) is 2.95. The number of rotatable bonds is 5. The zero-order chi connectivity index (χ0) is 17.9. The normalized spacial score (nSPS) is 21.1. The number of halogens is 1. The molecule has 3 rings (SSSR count). The van der Waals surface area contributed by atoms with Crippen LogP contribution in [0.5, 0.6) is 0 Å². The van der Waals surface area contributed by atoms with Crippen molar-refractivity contribution >= 4 is 29.9 Å². The van der Waals surface area contributed by atoms with Crippen LogP contribution in [0.2, 0.25) is 0 Å². The second-order valence-electron chi connectivity index (χ2n) is 7.65. The van der Waals surface area contributed by atoms with Crippen LogP contribution in [0.1, 0.15) is 43.2 Å². The molecule has 6 heteroatoms. The first kappa shape index (κ1) is 20.7. The molecule has 2 fully saturated rings. The number of hydrogen-bond acceptors (Lipinski definition) is 3. The smallest absolute Gasteiger partial charge is 0.232 e. The molecule has 26 heavy (non-hydrogen) atoms. The van der Waals surface area contributed by atoms with Crippen LogP contribution < -0.4 is 16.0 Å². The first-order chi connectivity index (χ1) is 12.0. The van der Waals surface area contributed by atoms with E-state index in [4.69, 9.17) is 0 Å². The molecule has 1 aliphatic heterocycles. The Kier molecular flexibility index (Phi) is 7.07. The molecule has 144 valence electrons. The maximum atomic E-state index is 13.0. The molecule has 1 aromatic carbocycles. The molecule has 2 amide bonds. The van der Waals surface area contributed by atoms with Gasteiger partial charge in [-0.3, -0.25) is 9.59 Å². The van der Waals surface area contributed by atoms with E-state index in [-0.39, 0.29) is 30.1 Å². The van der Waals surface area contributed by atoms with Gasteiger partial charge in [-0.1, -0.05) is 18.9 Å². The van der Waals surface area contributed by atoms with Crippen LogP contribution in [-0.4, -0.2) is 31.4 Å². The number of hydrogen-bond donors (Lipinski definition) is 3. The Morgan fingerprint density at radius 3 is 2.54 bits per heavy atom. The van der Waals surface area contributed by atoms with Crippen molar-refractivity contribution in [3.8, 4) is 0 Å². The van der Waals surface area contributed by atoms with E-state index >= 15 is 0 Å². The van der Waals surface area contributed by atoms with E-state index < -0.39 is 5.41 Å². The summed E-state index contributed by atoms with van der Waals surface area (Å²) in [4.78, 5) is 25.3. The van der Waals surface area contributed by atoms with Crippen molar-refractivity contribution in [1.29, 1.82) is 0 Å². The van der Waals surface area contributed by atoms with Crippen LogP contribution in [0, 0.1) is 25.2 Å². The van der Waals surface area contributed by atoms with Crippen molar-refractivity contribution in [2.24, 2.45) is 11.3 Å². The lowest BCUT2D eigenvalue weighted by Crippen LogP contribution is -2.45. The van der Waals surface area contributed by atoms with Gasteiger partial charge in [-0.25, -0.2) is 0 Å². The van der Waals surface area contributed by atoms with Gasteiger partial charge in [0.25, 0.3) is 0 Å². The summed E-state index contributed by atoms with van der Waals surface area (Å²) in [7, 11) is 0. The van der Waals surface area contributed by atoms with Crippen LogP contribution in [0.15, 0.2) is 18.2 Å². The lowest BCUT2D eigenvalue weighted by molar-refractivity contribution is -0.128. The number of amides is 2. The van der Waals surface area contributed by atoms with E-state index in [1.54, 1.807) is 0 Å². The zero-order valence-electron chi connectivity index (χ0n) is 15.7. The second-order valence-corrected chi connectivity index (χ2v) is 7.65. The Labute approximate surface area is 162 Å². The molecule has 3 N–H and O–H groups in total. The summed E-state index contributed by atoms with van der Waals surface area (Å²) in [6.45, 7) is 6.20. The van der Waals surface area contributed by atoms with Crippen molar-refractivity contribution in [2.45, 2.75) is 46.0 Å². The molecular formula is C20H30ClN3O2. The molecule has 0 spiro atoms.